The summed E-state index contributed by atoms with van der Waals surface area (Å²) in [7, 11) is 2.64. The largest absolute Gasteiger partial charge is 0.319 e. The van der Waals surface area contributed by atoms with E-state index in [0.717, 1.165) is 6.54 Å². The van der Waals surface area contributed by atoms with Crippen LogP contribution in [0.4, 0.5) is 0 Å². The highest BCUT2D eigenvalue weighted by molar-refractivity contribution is 6.87. The van der Waals surface area contributed by atoms with Gasteiger partial charge in [0.05, 0.1) is 0 Å². The van der Waals surface area contributed by atoms with Crippen LogP contribution in [0.15, 0.2) is 30.3 Å². The van der Waals surface area contributed by atoms with Crippen LogP contribution in [-0.2, 0) is 0 Å². The lowest BCUT2D eigenvalue weighted by Crippen LogP contribution is -2.54. The van der Waals surface area contributed by atoms with Crippen LogP contribution in [0.25, 0.3) is 0 Å². The van der Waals surface area contributed by atoms with Crippen molar-refractivity contribution in [3.8, 4) is 0 Å². The van der Waals surface area contributed by atoms with E-state index in [4.69, 9.17) is 0 Å². The number of rotatable bonds is 3. The SMILES string of the molecule is [CH2]N(CC)[Si](C)(C)c1ccccc1. The number of nitrogens with zero attached hydrogens (tertiary/aromatic N) is 1. The zero-order valence-electron chi connectivity index (χ0n) is 8.75. The lowest BCUT2D eigenvalue weighted by molar-refractivity contribution is 0.593. The highest BCUT2D eigenvalue weighted by atomic mass is 28.3. The molecule has 0 amide bonds. The fraction of sp³-hybridized carbons (Fsp3) is 0.364. The highest BCUT2D eigenvalue weighted by Gasteiger charge is 2.27. The Morgan fingerprint density at radius 3 is 2.23 bits per heavy atom. The summed E-state index contributed by atoms with van der Waals surface area (Å²) in [6, 6.07) is 10.7. The molecule has 0 aliphatic carbocycles. The topological polar surface area (TPSA) is 3.24 Å². The molecular weight excluding hydrogens is 174 g/mol. The summed E-state index contributed by atoms with van der Waals surface area (Å²) in [5.41, 5.74) is 0. The maximum Gasteiger partial charge on any atom is 0.154 e. The third-order valence-electron chi connectivity index (χ3n) is 2.65. The summed E-state index contributed by atoms with van der Waals surface area (Å²) in [4.78, 5) is 0. The Bertz CT molecular complexity index is 256. The molecule has 0 N–H and O–H groups in total. The first kappa shape index (κ1) is 10.5. The lowest BCUT2D eigenvalue weighted by atomic mass is 10.4. The minimum absolute atomic E-state index is 1.02. The van der Waals surface area contributed by atoms with E-state index in [-0.39, 0.29) is 0 Å². The van der Waals surface area contributed by atoms with E-state index in [1.807, 2.05) is 0 Å². The van der Waals surface area contributed by atoms with E-state index < -0.39 is 8.24 Å². The summed E-state index contributed by atoms with van der Waals surface area (Å²) in [5, 5.41) is 1.45. The zero-order valence-corrected chi connectivity index (χ0v) is 9.75. The highest BCUT2D eigenvalue weighted by Crippen LogP contribution is 2.08. The Kier molecular flexibility index (Phi) is 3.28. The molecule has 71 valence electrons. The van der Waals surface area contributed by atoms with Gasteiger partial charge in [-0.25, -0.2) is 0 Å². The average molecular weight is 192 g/mol. The first-order chi connectivity index (χ1) is 6.09. The zero-order chi connectivity index (χ0) is 9.90. The smallest absolute Gasteiger partial charge is 0.154 e. The van der Waals surface area contributed by atoms with Gasteiger partial charge in [-0.1, -0.05) is 50.3 Å². The number of benzene rings is 1. The summed E-state index contributed by atoms with van der Waals surface area (Å²) in [5.74, 6) is 0. The third-order valence-corrected chi connectivity index (χ3v) is 6.30. The second-order valence-electron chi connectivity index (χ2n) is 3.78. The van der Waals surface area contributed by atoms with Crippen LogP contribution < -0.4 is 5.19 Å². The Labute approximate surface area is 82.5 Å². The fourth-order valence-electron chi connectivity index (χ4n) is 1.42. The molecule has 0 aliphatic heterocycles. The van der Waals surface area contributed by atoms with Crippen LogP contribution in [0.3, 0.4) is 0 Å². The van der Waals surface area contributed by atoms with Crippen molar-refractivity contribution in [2.75, 3.05) is 6.54 Å². The maximum atomic E-state index is 4.10. The van der Waals surface area contributed by atoms with Crippen molar-refractivity contribution in [1.82, 2.24) is 4.57 Å². The normalized spacial score (nSPS) is 12.1. The molecule has 1 nitrogen and oxygen atoms in total. The van der Waals surface area contributed by atoms with Crippen LogP contribution in [-0.4, -0.2) is 19.3 Å². The summed E-state index contributed by atoms with van der Waals surface area (Å²) in [6.45, 7) is 7.84. The fourth-order valence-corrected chi connectivity index (χ4v) is 3.59. The van der Waals surface area contributed by atoms with E-state index in [0.29, 0.717) is 0 Å². The van der Waals surface area contributed by atoms with Crippen LogP contribution in [0.5, 0.6) is 0 Å². The maximum absolute atomic E-state index is 4.10. The van der Waals surface area contributed by atoms with Gasteiger partial charge in [0, 0.05) is 7.05 Å². The van der Waals surface area contributed by atoms with Gasteiger partial charge in [-0.05, 0) is 11.7 Å². The Balaban J connectivity index is 2.93. The molecule has 0 fully saturated rings. The number of hydrogen-bond acceptors (Lipinski definition) is 1. The van der Waals surface area contributed by atoms with Gasteiger partial charge in [0.25, 0.3) is 0 Å². The molecular formula is C11H18NSi. The number of hydrogen-bond donors (Lipinski definition) is 0. The molecule has 0 saturated heterocycles. The summed E-state index contributed by atoms with van der Waals surface area (Å²) >= 11 is 0. The van der Waals surface area contributed by atoms with Crippen molar-refractivity contribution in [1.29, 1.82) is 0 Å². The summed E-state index contributed by atoms with van der Waals surface area (Å²) in [6.07, 6.45) is 0. The standard InChI is InChI=1S/C11H18NSi/c1-5-12(2)13(3,4)11-9-7-6-8-10-11/h6-10H,2,5H2,1,3-4H3. The van der Waals surface area contributed by atoms with Gasteiger partial charge >= 0.3 is 0 Å². The van der Waals surface area contributed by atoms with Crippen molar-refractivity contribution >= 4 is 13.4 Å². The van der Waals surface area contributed by atoms with Gasteiger partial charge in [-0.15, -0.1) is 0 Å². The molecule has 0 aromatic heterocycles. The van der Waals surface area contributed by atoms with Gasteiger partial charge in [-0.2, -0.15) is 0 Å². The first-order valence-corrected chi connectivity index (χ1v) is 7.67. The van der Waals surface area contributed by atoms with E-state index in [9.17, 15) is 0 Å². The monoisotopic (exact) mass is 192 g/mol. The molecule has 0 saturated carbocycles. The predicted molar refractivity (Wildman–Crippen MR) is 61.3 cm³/mol. The third kappa shape index (κ3) is 2.20. The minimum Gasteiger partial charge on any atom is -0.319 e. The lowest BCUT2D eigenvalue weighted by Gasteiger charge is -2.32. The molecule has 0 atom stereocenters. The quantitative estimate of drug-likeness (QED) is 0.664. The molecule has 1 aromatic carbocycles. The van der Waals surface area contributed by atoms with E-state index in [1.54, 1.807) is 0 Å². The molecule has 0 aliphatic rings. The second kappa shape index (κ2) is 4.07. The van der Waals surface area contributed by atoms with Gasteiger partial charge in [0.2, 0.25) is 0 Å². The molecule has 1 rings (SSSR count). The van der Waals surface area contributed by atoms with Crippen LogP contribution >= 0.6 is 0 Å². The van der Waals surface area contributed by atoms with Crippen molar-refractivity contribution in [3.63, 3.8) is 0 Å². The Morgan fingerprint density at radius 1 is 1.23 bits per heavy atom. The van der Waals surface area contributed by atoms with Gasteiger partial charge in [0.15, 0.2) is 8.24 Å². The molecule has 0 heterocycles. The molecule has 13 heavy (non-hydrogen) atoms. The Morgan fingerprint density at radius 2 is 1.77 bits per heavy atom. The van der Waals surface area contributed by atoms with E-state index in [2.05, 4.69) is 62.0 Å². The first-order valence-electron chi connectivity index (χ1n) is 4.72. The van der Waals surface area contributed by atoms with Gasteiger partial charge in [-0.3, -0.25) is 0 Å². The van der Waals surface area contributed by atoms with Gasteiger partial charge in [0.1, 0.15) is 0 Å². The molecule has 1 aromatic rings. The molecule has 0 bridgehead atoms. The van der Waals surface area contributed by atoms with Crippen molar-refractivity contribution in [2.45, 2.75) is 20.0 Å². The predicted octanol–water partition coefficient (Wildman–Crippen LogP) is 2.21. The average Bonchev–Trinajstić information content (AvgIpc) is 2.18. The minimum atomic E-state index is -1.46. The van der Waals surface area contributed by atoms with E-state index >= 15 is 0 Å². The van der Waals surface area contributed by atoms with Crippen LogP contribution in [0, 0.1) is 7.05 Å². The van der Waals surface area contributed by atoms with Crippen molar-refractivity contribution < 1.29 is 0 Å². The Hall–Kier alpha value is -0.603. The van der Waals surface area contributed by atoms with Crippen molar-refractivity contribution in [2.24, 2.45) is 0 Å². The molecule has 0 unspecified atom stereocenters. The van der Waals surface area contributed by atoms with Gasteiger partial charge < -0.3 is 4.57 Å². The molecule has 2 heteroatoms. The van der Waals surface area contributed by atoms with Crippen LogP contribution in [0.2, 0.25) is 13.1 Å². The van der Waals surface area contributed by atoms with E-state index in [1.165, 1.54) is 5.19 Å². The van der Waals surface area contributed by atoms with Crippen LogP contribution in [0.1, 0.15) is 6.92 Å². The molecule has 1 radical (unpaired) electrons. The second-order valence-corrected chi connectivity index (χ2v) is 8.11. The summed E-state index contributed by atoms with van der Waals surface area (Å²) < 4.78 is 2.24. The van der Waals surface area contributed by atoms with Crippen molar-refractivity contribution in [3.05, 3.63) is 37.4 Å². The molecule has 0 spiro atoms.